The minimum Gasteiger partial charge on any atom is -0.504 e. The Kier molecular flexibility index (Phi) is 6.99. The third-order valence-corrected chi connectivity index (χ3v) is 13.0. The average molecular weight is 657 g/mol. The third-order valence-electron chi connectivity index (χ3n) is 13.0. The molecule has 0 spiro atoms. The van der Waals surface area contributed by atoms with Gasteiger partial charge in [-0.2, -0.15) is 0 Å². The molecule has 0 amide bonds. The Balaban J connectivity index is 1.43. The van der Waals surface area contributed by atoms with Crippen molar-refractivity contribution in [2.24, 2.45) is 11.8 Å². The SMILES string of the molecule is COC1=C[C@@H]2[C@H]3Cc4c(-c5cc(OC)c(O)c6c5C[C@H]5[C@@H]7C=C(OC)C(=O)C[C@@]67CCN5C)cc(OC)c(O)c4[C@@]2(CCN3C)CC1=O. The number of aromatic hydroxyl groups is 2. The molecule has 6 atom stereocenters. The Morgan fingerprint density at radius 3 is 1.42 bits per heavy atom. The molecule has 2 saturated heterocycles. The second-order valence-electron chi connectivity index (χ2n) is 14.7. The molecule has 2 aliphatic heterocycles. The van der Waals surface area contributed by atoms with E-state index in [1.165, 1.54) is 0 Å². The zero-order valence-electron chi connectivity index (χ0n) is 28.5. The largest absolute Gasteiger partial charge is 0.504 e. The van der Waals surface area contributed by atoms with Gasteiger partial charge in [0.1, 0.15) is 0 Å². The second kappa shape index (κ2) is 10.7. The lowest BCUT2D eigenvalue weighted by Crippen LogP contribution is -2.60. The van der Waals surface area contributed by atoms with E-state index in [2.05, 4.69) is 23.9 Å². The lowest BCUT2D eigenvalue weighted by molar-refractivity contribution is -0.123. The normalized spacial score (nSPS) is 32.2. The zero-order valence-corrected chi connectivity index (χ0v) is 28.5. The first-order valence-corrected chi connectivity index (χ1v) is 16.9. The maximum atomic E-state index is 13.5. The number of rotatable bonds is 5. The average Bonchev–Trinajstić information content (AvgIpc) is 3.07. The molecule has 10 heteroatoms. The Bertz CT molecular complexity index is 1700. The molecule has 2 fully saturated rings. The van der Waals surface area contributed by atoms with Crippen LogP contribution in [0.2, 0.25) is 0 Å². The summed E-state index contributed by atoms with van der Waals surface area (Å²) in [5, 5.41) is 24.0. The highest BCUT2D eigenvalue weighted by Gasteiger charge is 2.59. The molecule has 2 heterocycles. The summed E-state index contributed by atoms with van der Waals surface area (Å²) in [6.45, 7) is 1.59. The molecule has 4 bridgehead atoms. The molecule has 0 unspecified atom stereocenters. The summed E-state index contributed by atoms with van der Waals surface area (Å²) in [6.07, 6.45) is 7.11. The topological polar surface area (TPSA) is 118 Å². The number of nitrogens with zero attached hydrogens (tertiary/aromatic N) is 2. The van der Waals surface area contributed by atoms with Crippen molar-refractivity contribution in [3.63, 3.8) is 0 Å². The van der Waals surface area contributed by atoms with Crippen LogP contribution in [-0.4, -0.2) is 99.3 Å². The number of carbonyl (C=O) groups excluding carboxylic acids is 2. The highest BCUT2D eigenvalue weighted by Crippen LogP contribution is 2.63. The van der Waals surface area contributed by atoms with Gasteiger partial charge in [-0.1, -0.05) is 0 Å². The van der Waals surface area contributed by atoms with Crippen LogP contribution in [0.3, 0.4) is 0 Å². The summed E-state index contributed by atoms with van der Waals surface area (Å²) in [5.41, 5.74) is 4.05. The molecular formula is C38H44N2O8. The summed E-state index contributed by atoms with van der Waals surface area (Å²) in [6, 6.07) is 3.97. The minimum atomic E-state index is -0.629. The van der Waals surface area contributed by atoms with Gasteiger partial charge in [-0.05, 0) is 99.4 Å². The molecule has 10 nitrogen and oxygen atoms in total. The lowest BCUT2D eigenvalue weighted by Gasteiger charge is -2.57. The fourth-order valence-corrected chi connectivity index (χ4v) is 10.7. The molecule has 2 aromatic rings. The van der Waals surface area contributed by atoms with Gasteiger partial charge in [0.2, 0.25) is 0 Å². The highest BCUT2D eigenvalue weighted by molar-refractivity contribution is 5.97. The number of piperidine rings is 2. The number of Topliss-reactive ketones (excluding diaryl/α,β-unsaturated/α-hetero) is 2. The van der Waals surface area contributed by atoms with Crippen molar-refractivity contribution in [2.75, 3.05) is 55.6 Å². The molecule has 8 rings (SSSR count). The molecule has 2 N–H and O–H groups in total. The van der Waals surface area contributed by atoms with Crippen LogP contribution in [0.25, 0.3) is 11.1 Å². The predicted molar refractivity (Wildman–Crippen MR) is 178 cm³/mol. The van der Waals surface area contributed by atoms with E-state index in [0.29, 0.717) is 48.7 Å². The van der Waals surface area contributed by atoms with E-state index in [1.54, 1.807) is 28.4 Å². The van der Waals surface area contributed by atoms with Crippen molar-refractivity contribution in [3.05, 3.63) is 58.1 Å². The van der Waals surface area contributed by atoms with Gasteiger partial charge in [0.05, 0.1) is 28.4 Å². The predicted octanol–water partition coefficient (Wildman–Crippen LogP) is 4.02. The van der Waals surface area contributed by atoms with Crippen molar-refractivity contribution in [1.82, 2.24) is 9.80 Å². The Labute approximate surface area is 280 Å². The third kappa shape index (κ3) is 3.93. The van der Waals surface area contributed by atoms with Gasteiger partial charge in [-0.3, -0.25) is 9.59 Å². The van der Waals surface area contributed by atoms with Crippen LogP contribution in [0, 0.1) is 11.8 Å². The highest BCUT2D eigenvalue weighted by atomic mass is 16.5. The monoisotopic (exact) mass is 656 g/mol. The van der Waals surface area contributed by atoms with Crippen LogP contribution >= 0.6 is 0 Å². The van der Waals surface area contributed by atoms with Crippen LogP contribution in [0.5, 0.6) is 23.0 Å². The van der Waals surface area contributed by atoms with Crippen molar-refractivity contribution in [1.29, 1.82) is 0 Å². The van der Waals surface area contributed by atoms with Gasteiger partial charge < -0.3 is 39.0 Å². The van der Waals surface area contributed by atoms with Gasteiger partial charge >= 0.3 is 0 Å². The first-order chi connectivity index (χ1) is 23.0. The number of ketones is 2. The summed E-state index contributed by atoms with van der Waals surface area (Å²) >= 11 is 0. The van der Waals surface area contributed by atoms with E-state index < -0.39 is 10.8 Å². The number of benzene rings is 2. The van der Waals surface area contributed by atoms with E-state index in [-0.39, 0.29) is 59.8 Å². The maximum absolute atomic E-state index is 13.5. The number of hydrogen-bond acceptors (Lipinski definition) is 10. The standard InChI is InChI=1S/C38H44N2O8/c1-39-9-7-37-17-27(41)29(45-3)15-23(37)25(39)11-21-19(13-31(47-5)35(43)33(21)37)20-14-32(48-6)36(44)34-22(20)12-26-24-16-30(46-4)28(42)18-38(24,34)8-10-40(26)2/h13-16,23-26,43-44H,7-12,17-18H2,1-6H3/t23-,24+,25-,26+,37+,38-. The molecule has 6 aliphatic rings. The number of likely N-dealkylation sites (N-methyl/N-ethyl adjacent to an activating group) is 2. The first kappa shape index (κ1) is 31.3. The van der Waals surface area contributed by atoms with Crippen LogP contribution < -0.4 is 9.47 Å². The molecule has 4 aliphatic carbocycles. The lowest BCUT2D eigenvalue weighted by atomic mass is 9.52. The summed E-state index contributed by atoms with van der Waals surface area (Å²) < 4.78 is 22.8. The number of allylic oxidation sites excluding steroid dienone is 2. The number of carbonyl (C=O) groups is 2. The Hall–Kier alpha value is -4.02. The zero-order chi connectivity index (χ0) is 33.9. The summed E-state index contributed by atoms with van der Waals surface area (Å²) in [4.78, 5) is 31.8. The number of ether oxygens (including phenoxy) is 4. The van der Waals surface area contributed by atoms with Gasteiger partial charge in [0.15, 0.2) is 46.1 Å². The van der Waals surface area contributed by atoms with Gasteiger partial charge in [0.25, 0.3) is 0 Å². The first-order valence-electron chi connectivity index (χ1n) is 16.9. The van der Waals surface area contributed by atoms with Gasteiger partial charge in [-0.25, -0.2) is 0 Å². The molecule has 0 aromatic heterocycles. The number of phenols is 2. The van der Waals surface area contributed by atoms with Crippen LogP contribution in [0.4, 0.5) is 0 Å². The van der Waals surface area contributed by atoms with Crippen molar-refractivity contribution < 1.29 is 38.7 Å². The van der Waals surface area contributed by atoms with Gasteiger partial charge in [0, 0.05) is 58.7 Å². The van der Waals surface area contributed by atoms with Crippen LogP contribution in [0.1, 0.15) is 47.9 Å². The van der Waals surface area contributed by atoms with Crippen molar-refractivity contribution in [2.45, 2.75) is 61.4 Å². The number of phenolic OH excluding ortho intramolecular Hbond substituents is 2. The van der Waals surface area contributed by atoms with Crippen molar-refractivity contribution in [3.8, 4) is 34.1 Å². The van der Waals surface area contributed by atoms with E-state index in [4.69, 9.17) is 18.9 Å². The smallest absolute Gasteiger partial charge is 0.197 e. The number of methoxy groups -OCH3 is 4. The van der Waals surface area contributed by atoms with Crippen molar-refractivity contribution >= 4 is 11.6 Å². The molecule has 254 valence electrons. The van der Waals surface area contributed by atoms with E-state index in [9.17, 15) is 19.8 Å². The Morgan fingerprint density at radius 1 is 0.667 bits per heavy atom. The number of fused-ring (bicyclic) bond motifs is 2. The summed E-state index contributed by atoms with van der Waals surface area (Å²) in [7, 11) is 10.4. The summed E-state index contributed by atoms with van der Waals surface area (Å²) in [5.74, 6) is 1.41. The Morgan fingerprint density at radius 2 is 1.06 bits per heavy atom. The number of likely N-dealkylation sites (tertiary alicyclic amines) is 2. The van der Waals surface area contributed by atoms with Crippen LogP contribution in [-0.2, 0) is 42.7 Å². The quantitative estimate of drug-likeness (QED) is 0.489. The van der Waals surface area contributed by atoms with Gasteiger partial charge in [-0.15, -0.1) is 0 Å². The van der Waals surface area contributed by atoms with E-state index in [1.807, 2.05) is 24.3 Å². The fraction of sp³-hybridized carbons (Fsp3) is 0.526. The maximum Gasteiger partial charge on any atom is 0.197 e. The molecule has 0 saturated carbocycles. The number of hydrogen-bond donors (Lipinski definition) is 2. The molecular weight excluding hydrogens is 612 g/mol. The van der Waals surface area contributed by atoms with E-state index in [0.717, 1.165) is 46.5 Å². The second-order valence-corrected chi connectivity index (χ2v) is 14.7. The molecule has 48 heavy (non-hydrogen) atoms. The van der Waals surface area contributed by atoms with Crippen LogP contribution in [0.15, 0.2) is 35.8 Å². The molecule has 2 aromatic carbocycles. The minimum absolute atomic E-state index is 0.0341. The molecule has 0 radical (unpaired) electrons. The fourth-order valence-electron chi connectivity index (χ4n) is 10.7. The van der Waals surface area contributed by atoms with E-state index >= 15 is 0 Å².